The molecule has 3 aromatic rings. The maximum atomic E-state index is 13.2. The molecule has 0 radical (unpaired) electrons. The third-order valence-corrected chi connectivity index (χ3v) is 5.56. The van der Waals surface area contributed by atoms with Crippen LogP contribution >= 0.6 is 0 Å². The van der Waals surface area contributed by atoms with Gasteiger partial charge in [0, 0.05) is 18.0 Å². The number of carbonyl (C=O) groups excluding carboxylic acids is 2. The number of hydrogen-bond donors (Lipinski definition) is 0. The molecule has 1 aromatic heterocycles. The number of para-hydroxylation sites is 1. The van der Waals surface area contributed by atoms with E-state index in [9.17, 15) is 14.0 Å². The van der Waals surface area contributed by atoms with E-state index in [1.807, 2.05) is 18.2 Å². The summed E-state index contributed by atoms with van der Waals surface area (Å²) in [5, 5.41) is 0.802. The summed E-state index contributed by atoms with van der Waals surface area (Å²) in [6.45, 7) is 0.0134. The first-order valence-electron chi connectivity index (χ1n) is 10.3. The van der Waals surface area contributed by atoms with E-state index in [4.69, 9.17) is 9.15 Å². The summed E-state index contributed by atoms with van der Waals surface area (Å²) >= 11 is 0. The highest BCUT2D eigenvalue weighted by Crippen LogP contribution is 2.25. The predicted octanol–water partition coefficient (Wildman–Crippen LogP) is 5.09. The van der Waals surface area contributed by atoms with Gasteiger partial charge in [-0.15, -0.1) is 0 Å². The maximum absolute atomic E-state index is 13.2. The number of amides is 1. The summed E-state index contributed by atoms with van der Waals surface area (Å²) in [5.41, 5.74) is 1.44. The Labute approximate surface area is 174 Å². The van der Waals surface area contributed by atoms with Crippen LogP contribution in [0.5, 0.6) is 0 Å². The standard InChI is InChI=1S/C24H24FNO4/c25-19-12-10-17(11-13-19)15-26(20-7-2-1-3-8-20)23(27)16-29-24(28)22-14-18-6-4-5-9-21(18)30-22/h4-6,9-14,20H,1-3,7-8,15-16H2. The van der Waals surface area contributed by atoms with Crippen LogP contribution in [0.15, 0.2) is 59.0 Å². The summed E-state index contributed by atoms with van der Waals surface area (Å²) in [4.78, 5) is 27.1. The number of ether oxygens (including phenoxy) is 1. The normalized spacial score (nSPS) is 14.6. The molecule has 0 spiro atoms. The van der Waals surface area contributed by atoms with Crippen LogP contribution in [0.1, 0.15) is 48.2 Å². The van der Waals surface area contributed by atoms with Crippen LogP contribution in [0.25, 0.3) is 11.0 Å². The number of benzene rings is 2. The minimum absolute atomic E-state index is 0.0757. The molecule has 1 heterocycles. The molecule has 2 aromatic carbocycles. The van der Waals surface area contributed by atoms with Crippen molar-refractivity contribution in [1.82, 2.24) is 4.90 Å². The Morgan fingerprint density at radius 1 is 1.03 bits per heavy atom. The van der Waals surface area contributed by atoms with Gasteiger partial charge in [-0.1, -0.05) is 49.6 Å². The fraction of sp³-hybridized carbons (Fsp3) is 0.333. The van der Waals surface area contributed by atoms with E-state index in [-0.39, 0.29) is 30.1 Å². The third-order valence-electron chi connectivity index (χ3n) is 5.56. The molecule has 1 fully saturated rings. The molecule has 30 heavy (non-hydrogen) atoms. The molecule has 1 amide bonds. The molecule has 0 N–H and O–H groups in total. The third kappa shape index (κ3) is 4.70. The first kappa shape index (κ1) is 20.1. The van der Waals surface area contributed by atoms with Crippen molar-refractivity contribution in [2.24, 2.45) is 0 Å². The highest BCUT2D eigenvalue weighted by molar-refractivity contribution is 5.93. The van der Waals surface area contributed by atoms with Crippen LogP contribution in [0, 0.1) is 5.82 Å². The van der Waals surface area contributed by atoms with Crippen LogP contribution in [0.3, 0.4) is 0 Å². The zero-order chi connectivity index (χ0) is 20.9. The summed E-state index contributed by atoms with van der Waals surface area (Å²) < 4.78 is 24.0. The van der Waals surface area contributed by atoms with E-state index in [0.717, 1.165) is 43.1 Å². The lowest BCUT2D eigenvalue weighted by molar-refractivity contribution is -0.138. The smallest absolute Gasteiger partial charge is 0.374 e. The van der Waals surface area contributed by atoms with Gasteiger partial charge in [0.25, 0.3) is 5.91 Å². The molecule has 1 aliphatic rings. The second-order valence-corrected chi connectivity index (χ2v) is 7.66. The molecular weight excluding hydrogens is 385 g/mol. The lowest BCUT2D eigenvalue weighted by atomic mass is 9.93. The van der Waals surface area contributed by atoms with Gasteiger partial charge in [-0.2, -0.15) is 0 Å². The SMILES string of the molecule is O=C(OCC(=O)N(Cc1ccc(F)cc1)C1CCCCC1)c1cc2ccccc2o1. The number of carbonyl (C=O) groups is 2. The largest absolute Gasteiger partial charge is 0.450 e. The van der Waals surface area contributed by atoms with E-state index >= 15 is 0 Å². The monoisotopic (exact) mass is 409 g/mol. The number of hydrogen-bond acceptors (Lipinski definition) is 4. The van der Waals surface area contributed by atoms with Crippen molar-refractivity contribution >= 4 is 22.8 Å². The minimum Gasteiger partial charge on any atom is -0.450 e. The quantitative estimate of drug-likeness (QED) is 0.532. The molecule has 0 aliphatic heterocycles. The van der Waals surface area contributed by atoms with Gasteiger partial charge >= 0.3 is 5.97 Å². The number of esters is 1. The molecule has 1 saturated carbocycles. The van der Waals surface area contributed by atoms with Crippen molar-refractivity contribution in [3.8, 4) is 0 Å². The highest BCUT2D eigenvalue weighted by Gasteiger charge is 2.27. The highest BCUT2D eigenvalue weighted by atomic mass is 19.1. The van der Waals surface area contributed by atoms with Crippen LogP contribution in [0.4, 0.5) is 4.39 Å². The second-order valence-electron chi connectivity index (χ2n) is 7.66. The van der Waals surface area contributed by atoms with Crippen LogP contribution in [-0.4, -0.2) is 29.4 Å². The molecule has 156 valence electrons. The average molecular weight is 409 g/mol. The molecule has 4 rings (SSSR count). The van der Waals surface area contributed by atoms with Crippen molar-refractivity contribution in [3.05, 3.63) is 71.7 Å². The van der Waals surface area contributed by atoms with Crippen molar-refractivity contribution in [2.45, 2.75) is 44.7 Å². The number of rotatable bonds is 6. The summed E-state index contributed by atoms with van der Waals surface area (Å²) in [6.07, 6.45) is 5.14. The van der Waals surface area contributed by atoms with Gasteiger partial charge in [-0.05, 0) is 42.7 Å². The molecular formula is C24H24FNO4. The van der Waals surface area contributed by atoms with Crippen LogP contribution in [0.2, 0.25) is 0 Å². The minimum atomic E-state index is -0.662. The number of halogens is 1. The Hall–Kier alpha value is -3.15. The second kappa shape index (κ2) is 9.11. The van der Waals surface area contributed by atoms with Gasteiger partial charge < -0.3 is 14.1 Å². The molecule has 0 unspecified atom stereocenters. The van der Waals surface area contributed by atoms with Gasteiger partial charge in [0.1, 0.15) is 11.4 Å². The number of nitrogens with zero attached hydrogens (tertiary/aromatic N) is 1. The van der Waals surface area contributed by atoms with Crippen LogP contribution in [-0.2, 0) is 16.1 Å². The molecule has 6 heteroatoms. The van der Waals surface area contributed by atoms with Crippen molar-refractivity contribution in [3.63, 3.8) is 0 Å². The Bertz CT molecular complexity index is 988. The average Bonchev–Trinajstić information content (AvgIpc) is 3.22. The Kier molecular flexibility index (Phi) is 6.12. The first-order chi connectivity index (χ1) is 14.6. The van der Waals surface area contributed by atoms with Gasteiger partial charge in [-0.25, -0.2) is 9.18 Å². The van der Waals surface area contributed by atoms with Crippen molar-refractivity contribution < 1.29 is 23.1 Å². The van der Waals surface area contributed by atoms with E-state index in [2.05, 4.69) is 0 Å². The predicted molar refractivity (Wildman–Crippen MR) is 110 cm³/mol. The lowest BCUT2D eigenvalue weighted by Gasteiger charge is -2.34. The zero-order valence-electron chi connectivity index (χ0n) is 16.7. The number of fused-ring (bicyclic) bond motifs is 1. The zero-order valence-corrected chi connectivity index (χ0v) is 16.7. The first-order valence-corrected chi connectivity index (χ1v) is 10.3. The fourth-order valence-corrected chi connectivity index (χ4v) is 3.96. The maximum Gasteiger partial charge on any atom is 0.374 e. The molecule has 0 atom stereocenters. The summed E-state index contributed by atoms with van der Waals surface area (Å²) in [6, 6.07) is 15.1. The van der Waals surface area contributed by atoms with E-state index in [0.29, 0.717) is 12.1 Å². The van der Waals surface area contributed by atoms with Crippen LogP contribution < -0.4 is 0 Å². The van der Waals surface area contributed by atoms with Gasteiger partial charge in [0.2, 0.25) is 5.76 Å². The summed E-state index contributed by atoms with van der Waals surface area (Å²) in [5.74, 6) is -1.15. The topological polar surface area (TPSA) is 59.8 Å². The summed E-state index contributed by atoms with van der Waals surface area (Å²) in [7, 11) is 0. The molecule has 5 nitrogen and oxygen atoms in total. The molecule has 0 saturated heterocycles. The Morgan fingerprint density at radius 3 is 2.50 bits per heavy atom. The van der Waals surface area contributed by atoms with Crippen molar-refractivity contribution in [2.75, 3.05) is 6.61 Å². The van der Waals surface area contributed by atoms with Gasteiger partial charge in [0.15, 0.2) is 6.61 Å². The number of furan rings is 1. The lowest BCUT2D eigenvalue weighted by Crippen LogP contribution is -2.43. The Balaban J connectivity index is 1.43. The molecule has 0 bridgehead atoms. The van der Waals surface area contributed by atoms with E-state index in [1.165, 1.54) is 12.1 Å². The van der Waals surface area contributed by atoms with Crippen molar-refractivity contribution in [1.29, 1.82) is 0 Å². The van der Waals surface area contributed by atoms with E-state index in [1.54, 1.807) is 29.2 Å². The van der Waals surface area contributed by atoms with Gasteiger partial charge in [-0.3, -0.25) is 4.79 Å². The Morgan fingerprint density at radius 2 is 1.77 bits per heavy atom. The molecule has 1 aliphatic carbocycles. The van der Waals surface area contributed by atoms with E-state index < -0.39 is 5.97 Å². The van der Waals surface area contributed by atoms with Gasteiger partial charge in [0.05, 0.1) is 0 Å². The fourth-order valence-electron chi connectivity index (χ4n) is 3.96.